The molecule has 0 saturated carbocycles. The maximum atomic E-state index is 4.28. The molecule has 0 fully saturated rings. The van der Waals surface area contributed by atoms with E-state index in [1.54, 1.807) is 18.6 Å². The van der Waals surface area contributed by atoms with Crippen molar-refractivity contribution in [1.29, 1.82) is 0 Å². The average molecular weight is 207 g/mol. The van der Waals surface area contributed by atoms with Gasteiger partial charge >= 0.3 is 0 Å². The summed E-state index contributed by atoms with van der Waals surface area (Å²) < 4.78 is 0. The molecule has 0 saturated heterocycles. The minimum atomic E-state index is 0.744. The van der Waals surface area contributed by atoms with E-state index in [-0.39, 0.29) is 0 Å². The second kappa shape index (κ2) is 3.70. The first-order chi connectivity index (χ1) is 7.93. The quantitative estimate of drug-likeness (QED) is 0.615. The van der Waals surface area contributed by atoms with Crippen molar-refractivity contribution in [1.82, 2.24) is 15.0 Å². The van der Waals surface area contributed by atoms with E-state index < -0.39 is 0 Å². The Balaban J connectivity index is 2.19. The number of rotatable bonds is 1. The predicted molar refractivity (Wildman–Crippen MR) is 62.8 cm³/mol. The van der Waals surface area contributed by atoms with Crippen molar-refractivity contribution < 1.29 is 0 Å². The first-order valence-electron chi connectivity index (χ1n) is 5.06. The minimum Gasteiger partial charge on any atom is -0.256 e. The van der Waals surface area contributed by atoms with Crippen LogP contribution in [0.1, 0.15) is 0 Å². The lowest BCUT2D eigenvalue weighted by atomic mass is 10.1. The highest BCUT2D eigenvalue weighted by Crippen LogP contribution is 2.19. The molecule has 3 heteroatoms. The Labute approximate surface area is 92.8 Å². The third kappa shape index (κ3) is 1.52. The first-order valence-corrected chi connectivity index (χ1v) is 5.06. The van der Waals surface area contributed by atoms with Crippen LogP contribution in [0.15, 0.2) is 55.0 Å². The molecule has 0 atom stereocenters. The topological polar surface area (TPSA) is 38.7 Å². The molecule has 0 aliphatic rings. The molecule has 2 aromatic heterocycles. The third-order valence-electron chi connectivity index (χ3n) is 2.43. The van der Waals surface area contributed by atoms with E-state index in [1.807, 2.05) is 30.3 Å². The molecule has 0 N–H and O–H groups in total. The van der Waals surface area contributed by atoms with Gasteiger partial charge in [-0.25, -0.2) is 9.97 Å². The maximum Gasteiger partial charge on any atom is 0.159 e. The van der Waals surface area contributed by atoms with Crippen LogP contribution in [-0.4, -0.2) is 15.0 Å². The molecular formula is C13H9N3. The highest BCUT2D eigenvalue weighted by Gasteiger charge is 2.01. The van der Waals surface area contributed by atoms with Crippen molar-refractivity contribution in [2.24, 2.45) is 0 Å². The summed E-state index contributed by atoms with van der Waals surface area (Å²) in [6.45, 7) is 0. The molecule has 76 valence electrons. The van der Waals surface area contributed by atoms with Gasteiger partial charge in [0.25, 0.3) is 0 Å². The summed E-state index contributed by atoms with van der Waals surface area (Å²) in [5, 5.41) is 1.10. The molecule has 3 rings (SSSR count). The summed E-state index contributed by atoms with van der Waals surface area (Å²) in [4.78, 5) is 12.7. The highest BCUT2D eigenvalue weighted by atomic mass is 14.8. The SMILES string of the molecule is c1cnc(-c2ccc3ncccc3c2)nc1. The predicted octanol–water partition coefficient (Wildman–Crippen LogP) is 2.69. The Bertz CT molecular complexity index is 620. The number of hydrogen-bond donors (Lipinski definition) is 0. The van der Waals surface area contributed by atoms with Crippen LogP contribution in [0.4, 0.5) is 0 Å². The lowest BCUT2D eigenvalue weighted by Gasteiger charge is -2.01. The fraction of sp³-hybridized carbons (Fsp3) is 0. The summed E-state index contributed by atoms with van der Waals surface area (Å²) in [5.74, 6) is 0.744. The number of aromatic nitrogens is 3. The third-order valence-corrected chi connectivity index (χ3v) is 2.43. The van der Waals surface area contributed by atoms with E-state index in [2.05, 4.69) is 21.0 Å². The first kappa shape index (κ1) is 8.97. The number of nitrogens with zero attached hydrogens (tertiary/aromatic N) is 3. The van der Waals surface area contributed by atoms with Crippen molar-refractivity contribution in [3.05, 3.63) is 55.0 Å². The molecule has 3 nitrogen and oxygen atoms in total. The summed E-state index contributed by atoms with van der Waals surface area (Å²) >= 11 is 0. The van der Waals surface area contributed by atoms with Gasteiger partial charge in [0.2, 0.25) is 0 Å². The van der Waals surface area contributed by atoms with Gasteiger partial charge in [0.05, 0.1) is 5.52 Å². The zero-order chi connectivity index (χ0) is 10.8. The van der Waals surface area contributed by atoms with E-state index in [9.17, 15) is 0 Å². The van der Waals surface area contributed by atoms with Gasteiger partial charge in [0.15, 0.2) is 5.82 Å². The molecule has 0 unspecified atom stereocenters. The standard InChI is InChI=1S/C13H9N3/c1-3-10-9-11(4-5-12(10)14-6-1)13-15-7-2-8-16-13/h1-9H. The van der Waals surface area contributed by atoms with Gasteiger partial charge in [0, 0.05) is 29.5 Å². The Morgan fingerprint density at radius 2 is 1.56 bits per heavy atom. The second-order valence-corrected chi connectivity index (χ2v) is 3.48. The second-order valence-electron chi connectivity index (χ2n) is 3.48. The van der Waals surface area contributed by atoms with Crippen molar-refractivity contribution in [2.75, 3.05) is 0 Å². The maximum absolute atomic E-state index is 4.28. The number of pyridine rings is 1. The molecule has 0 aliphatic carbocycles. The zero-order valence-electron chi connectivity index (χ0n) is 8.54. The number of fused-ring (bicyclic) bond motifs is 1. The van der Waals surface area contributed by atoms with Gasteiger partial charge in [-0.05, 0) is 30.3 Å². The Hall–Kier alpha value is -2.29. The number of benzene rings is 1. The highest BCUT2D eigenvalue weighted by molar-refractivity contribution is 5.82. The fourth-order valence-corrected chi connectivity index (χ4v) is 1.66. The minimum absolute atomic E-state index is 0.744. The molecule has 0 bridgehead atoms. The Morgan fingerprint density at radius 1 is 0.750 bits per heavy atom. The van der Waals surface area contributed by atoms with Crippen molar-refractivity contribution >= 4 is 10.9 Å². The van der Waals surface area contributed by atoms with Crippen LogP contribution < -0.4 is 0 Å². The monoisotopic (exact) mass is 207 g/mol. The Kier molecular flexibility index (Phi) is 2.07. The molecule has 16 heavy (non-hydrogen) atoms. The molecule has 0 radical (unpaired) electrons. The molecule has 0 amide bonds. The van der Waals surface area contributed by atoms with Crippen molar-refractivity contribution in [2.45, 2.75) is 0 Å². The molecule has 1 aromatic carbocycles. The van der Waals surface area contributed by atoms with Crippen molar-refractivity contribution in [3.63, 3.8) is 0 Å². The van der Waals surface area contributed by atoms with Crippen LogP contribution in [0.25, 0.3) is 22.3 Å². The van der Waals surface area contributed by atoms with Gasteiger partial charge < -0.3 is 0 Å². The summed E-state index contributed by atoms with van der Waals surface area (Å²) in [5.41, 5.74) is 2.00. The zero-order valence-corrected chi connectivity index (χ0v) is 8.54. The fourth-order valence-electron chi connectivity index (χ4n) is 1.66. The van der Waals surface area contributed by atoms with Crippen LogP contribution in [0.2, 0.25) is 0 Å². The van der Waals surface area contributed by atoms with Crippen LogP contribution in [0.5, 0.6) is 0 Å². The molecule has 2 heterocycles. The summed E-state index contributed by atoms with van der Waals surface area (Å²) in [6.07, 6.45) is 5.28. The van der Waals surface area contributed by atoms with E-state index >= 15 is 0 Å². The normalized spacial score (nSPS) is 10.5. The van der Waals surface area contributed by atoms with Crippen LogP contribution >= 0.6 is 0 Å². The number of hydrogen-bond acceptors (Lipinski definition) is 3. The molecule has 0 aliphatic heterocycles. The van der Waals surface area contributed by atoms with E-state index in [0.29, 0.717) is 0 Å². The molecule has 0 spiro atoms. The lowest BCUT2D eigenvalue weighted by molar-refractivity contribution is 1.18. The summed E-state index contributed by atoms with van der Waals surface area (Å²) in [6, 6.07) is 11.8. The Morgan fingerprint density at radius 3 is 2.44 bits per heavy atom. The van der Waals surface area contributed by atoms with E-state index in [1.165, 1.54) is 0 Å². The van der Waals surface area contributed by atoms with Gasteiger partial charge in [-0.1, -0.05) is 6.07 Å². The van der Waals surface area contributed by atoms with Crippen LogP contribution in [0.3, 0.4) is 0 Å². The van der Waals surface area contributed by atoms with Gasteiger partial charge in [0.1, 0.15) is 0 Å². The smallest absolute Gasteiger partial charge is 0.159 e. The lowest BCUT2D eigenvalue weighted by Crippen LogP contribution is -1.87. The van der Waals surface area contributed by atoms with Crippen LogP contribution in [0, 0.1) is 0 Å². The van der Waals surface area contributed by atoms with E-state index in [0.717, 1.165) is 22.3 Å². The summed E-state index contributed by atoms with van der Waals surface area (Å²) in [7, 11) is 0. The van der Waals surface area contributed by atoms with Gasteiger partial charge in [-0.15, -0.1) is 0 Å². The van der Waals surface area contributed by atoms with E-state index in [4.69, 9.17) is 0 Å². The van der Waals surface area contributed by atoms with Crippen LogP contribution in [-0.2, 0) is 0 Å². The molecule has 3 aromatic rings. The molecular weight excluding hydrogens is 198 g/mol. The average Bonchev–Trinajstić information content (AvgIpc) is 2.39. The largest absolute Gasteiger partial charge is 0.256 e. The van der Waals surface area contributed by atoms with Gasteiger partial charge in [-0.3, -0.25) is 4.98 Å². The van der Waals surface area contributed by atoms with Crippen molar-refractivity contribution in [3.8, 4) is 11.4 Å². The van der Waals surface area contributed by atoms with Gasteiger partial charge in [-0.2, -0.15) is 0 Å².